The molecule has 1 aromatic carbocycles. The van der Waals surface area contributed by atoms with Crippen molar-refractivity contribution in [3.8, 4) is 0 Å². The van der Waals surface area contributed by atoms with E-state index in [1.807, 2.05) is 17.0 Å². The Morgan fingerprint density at radius 3 is 2.92 bits per heavy atom. The second-order valence-corrected chi connectivity index (χ2v) is 6.33. The average molecular weight is 344 g/mol. The first-order chi connectivity index (χ1) is 12.2. The fraction of sp³-hybridized carbons (Fsp3) is 0.500. The predicted octanol–water partition coefficient (Wildman–Crippen LogP) is 2.69. The molecule has 1 aromatic heterocycles. The van der Waals surface area contributed by atoms with Crippen molar-refractivity contribution in [3.63, 3.8) is 0 Å². The highest BCUT2D eigenvalue weighted by atomic mass is 16.5. The molecular formula is C18H24N4O3. The Hall–Kier alpha value is -2.57. The highest BCUT2D eigenvalue weighted by Crippen LogP contribution is 2.17. The first-order valence-electron chi connectivity index (χ1n) is 8.83. The molecule has 134 valence electrons. The molecule has 25 heavy (non-hydrogen) atoms. The summed E-state index contributed by atoms with van der Waals surface area (Å²) in [4.78, 5) is 33.4. The zero-order chi connectivity index (χ0) is 17.6. The number of H-pyrrole nitrogens is 1. The van der Waals surface area contributed by atoms with E-state index in [1.54, 1.807) is 12.4 Å². The van der Waals surface area contributed by atoms with Crippen molar-refractivity contribution in [2.24, 2.45) is 0 Å². The van der Waals surface area contributed by atoms with E-state index in [9.17, 15) is 9.59 Å². The largest absolute Gasteiger partial charge is 0.450 e. The Kier molecular flexibility index (Phi) is 5.53. The van der Waals surface area contributed by atoms with Gasteiger partial charge < -0.3 is 19.9 Å². The van der Waals surface area contributed by atoms with Crippen LogP contribution in [-0.4, -0.2) is 52.6 Å². The van der Waals surface area contributed by atoms with Crippen molar-refractivity contribution >= 4 is 23.0 Å². The summed E-state index contributed by atoms with van der Waals surface area (Å²) in [5.41, 5.74) is 2.36. The molecule has 0 aliphatic carbocycles. The number of ether oxygens (including phenoxy) is 1. The molecule has 2 amide bonds. The van der Waals surface area contributed by atoms with Crippen molar-refractivity contribution in [2.75, 3.05) is 19.7 Å². The molecule has 1 aliphatic rings. The molecule has 0 unspecified atom stereocenters. The molecule has 1 fully saturated rings. The SMILES string of the molecule is CCCCOC(=O)NC1CCN(C(=O)c2ccc3nc[nH]c3c2)CC1. The topological polar surface area (TPSA) is 87.3 Å². The van der Waals surface area contributed by atoms with E-state index in [0.717, 1.165) is 36.7 Å². The summed E-state index contributed by atoms with van der Waals surface area (Å²) in [6.07, 6.45) is 4.61. The molecule has 0 atom stereocenters. The van der Waals surface area contributed by atoms with Gasteiger partial charge in [0.15, 0.2) is 0 Å². The van der Waals surface area contributed by atoms with Crippen molar-refractivity contribution < 1.29 is 14.3 Å². The molecule has 0 saturated carbocycles. The summed E-state index contributed by atoms with van der Waals surface area (Å²) >= 11 is 0. The summed E-state index contributed by atoms with van der Waals surface area (Å²) < 4.78 is 5.12. The van der Waals surface area contributed by atoms with Crippen molar-refractivity contribution in [1.29, 1.82) is 0 Å². The van der Waals surface area contributed by atoms with Crippen LogP contribution in [0.4, 0.5) is 4.79 Å². The van der Waals surface area contributed by atoms with E-state index in [-0.39, 0.29) is 18.0 Å². The number of imidazole rings is 1. The lowest BCUT2D eigenvalue weighted by Crippen LogP contribution is -2.46. The number of nitrogens with zero attached hydrogens (tertiary/aromatic N) is 2. The molecule has 3 rings (SSSR count). The van der Waals surface area contributed by atoms with E-state index < -0.39 is 0 Å². The predicted molar refractivity (Wildman–Crippen MR) is 94.4 cm³/mol. The van der Waals surface area contributed by atoms with Gasteiger partial charge in [0.05, 0.1) is 24.0 Å². The zero-order valence-electron chi connectivity index (χ0n) is 14.5. The van der Waals surface area contributed by atoms with Crippen LogP contribution in [0.1, 0.15) is 43.0 Å². The zero-order valence-corrected chi connectivity index (χ0v) is 14.5. The number of unbranched alkanes of at least 4 members (excludes halogenated alkanes) is 1. The van der Waals surface area contributed by atoms with Gasteiger partial charge in [-0.25, -0.2) is 9.78 Å². The highest BCUT2D eigenvalue weighted by molar-refractivity contribution is 5.97. The van der Waals surface area contributed by atoms with Crippen LogP contribution in [0.25, 0.3) is 11.0 Å². The summed E-state index contributed by atoms with van der Waals surface area (Å²) in [6.45, 7) is 3.76. The molecule has 0 spiro atoms. The lowest BCUT2D eigenvalue weighted by molar-refractivity contribution is 0.0702. The number of piperidine rings is 1. The normalized spacial score (nSPS) is 15.3. The van der Waals surface area contributed by atoms with Gasteiger partial charge in [0, 0.05) is 24.7 Å². The minimum Gasteiger partial charge on any atom is -0.450 e. The monoisotopic (exact) mass is 344 g/mol. The van der Waals surface area contributed by atoms with Crippen LogP contribution in [0.3, 0.4) is 0 Å². The Bertz CT molecular complexity index is 735. The van der Waals surface area contributed by atoms with E-state index in [1.165, 1.54) is 0 Å². The molecule has 2 N–H and O–H groups in total. The third-order valence-electron chi connectivity index (χ3n) is 4.50. The summed E-state index contributed by atoms with van der Waals surface area (Å²) in [7, 11) is 0. The summed E-state index contributed by atoms with van der Waals surface area (Å²) in [6, 6.07) is 5.55. The molecule has 1 saturated heterocycles. The van der Waals surface area contributed by atoms with Crippen molar-refractivity contribution in [2.45, 2.75) is 38.6 Å². The molecule has 7 heteroatoms. The number of benzene rings is 1. The maximum Gasteiger partial charge on any atom is 0.407 e. The van der Waals surface area contributed by atoms with Gasteiger partial charge in [0.25, 0.3) is 5.91 Å². The van der Waals surface area contributed by atoms with Gasteiger partial charge in [0.2, 0.25) is 0 Å². The van der Waals surface area contributed by atoms with Gasteiger partial charge in [-0.15, -0.1) is 0 Å². The lowest BCUT2D eigenvalue weighted by Gasteiger charge is -2.32. The van der Waals surface area contributed by atoms with Crippen LogP contribution in [0.15, 0.2) is 24.5 Å². The van der Waals surface area contributed by atoms with E-state index in [4.69, 9.17) is 4.74 Å². The maximum atomic E-state index is 12.6. The second-order valence-electron chi connectivity index (χ2n) is 6.33. The van der Waals surface area contributed by atoms with Crippen LogP contribution in [-0.2, 0) is 4.74 Å². The minimum atomic E-state index is -0.358. The number of likely N-dealkylation sites (tertiary alicyclic amines) is 1. The van der Waals surface area contributed by atoms with Gasteiger partial charge in [-0.2, -0.15) is 0 Å². The fourth-order valence-corrected chi connectivity index (χ4v) is 3.00. The van der Waals surface area contributed by atoms with Crippen LogP contribution >= 0.6 is 0 Å². The Balaban J connectivity index is 1.49. The maximum absolute atomic E-state index is 12.6. The number of aromatic nitrogens is 2. The Morgan fingerprint density at radius 2 is 2.16 bits per heavy atom. The molecule has 0 radical (unpaired) electrons. The highest BCUT2D eigenvalue weighted by Gasteiger charge is 2.25. The third kappa shape index (κ3) is 4.29. The number of aromatic amines is 1. The number of alkyl carbamates (subject to hydrolysis) is 1. The van der Waals surface area contributed by atoms with Crippen LogP contribution in [0.2, 0.25) is 0 Å². The summed E-state index contributed by atoms with van der Waals surface area (Å²) in [5, 5.41) is 2.89. The van der Waals surface area contributed by atoms with Crippen molar-refractivity contribution in [1.82, 2.24) is 20.2 Å². The molecule has 0 bridgehead atoms. The number of carbonyl (C=O) groups is 2. The Labute approximate surface area is 146 Å². The van der Waals surface area contributed by atoms with E-state index >= 15 is 0 Å². The first kappa shape index (κ1) is 17.3. The second kappa shape index (κ2) is 8.00. The first-order valence-corrected chi connectivity index (χ1v) is 8.83. The third-order valence-corrected chi connectivity index (χ3v) is 4.50. The van der Waals surface area contributed by atoms with Gasteiger partial charge in [-0.05, 0) is 37.5 Å². The Morgan fingerprint density at radius 1 is 1.36 bits per heavy atom. The van der Waals surface area contributed by atoms with Crippen molar-refractivity contribution in [3.05, 3.63) is 30.1 Å². The standard InChI is InChI=1S/C18H24N4O3/c1-2-3-10-25-18(24)21-14-6-8-22(9-7-14)17(23)13-4-5-15-16(11-13)20-12-19-15/h4-5,11-12,14H,2-3,6-10H2,1H3,(H,19,20)(H,21,24). The van der Waals surface area contributed by atoms with Gasteiger partial charge >= 0.3 is 6.09 Å². The number of nitrogens with one attached hydrogen (secondary N) is 2. The number of hydrogen-bond acceptors (Lipinski definition) is 4. The van der Waals surface area contributed by atoms with Crippen LogP contribution in [0, 0.1) is 0 Å². The molecule has 2 heterocycles. The van der Waals surface area contributed by atoms with Crippen LogP contribution < -0.4 is 5.32 Å². The number of carbonyl (C=O) groups excluding carboxylic acids is 2. The average Bonchev–Trinajstić information content (AvgIpc) is 3.09. The quantitative estimate of drug-likeness (QED) is 0.817. The molecule has 7 nitrogen and oxygen atoms in total. The fourth-order valence-electron chi connectivity index (χ4n) is 3.00. The lowest BCUT2D eigenvalue weighted by atomic mass is 10.0. The van der Waals surface area contributed by atoms with Gasteiger partial charge in [0.1, 0.15) is 0 Å². The van der Waals surface area contributed by atoms with E-state index in [2.05, 4.69) is 22.2 Å². The van der Waals surface area contributed by atoms with Crippen LogP contribution in [0.5, 0.6) is 0 Å². The minimum absolute atomic E-state index is 0.0143. The molecular weight excluding hydrogens is 320 g/mol. The number of fused-ring (bicyclic) bond motifs is 1. The number of rotatable bonds is 5. The molecule has 1 aliphatic heterocycles. The van der Waals surface area contributed by atoms with Gasteiger partial charge in [-0.3, -0.25) is 4.79 Å². The smallest absolute Gasteiger partial charge is 0.407 e. The van der Waals surface area contributed by atoms with E-state index in [0.29, 0.717) is 25.3 Å². The number of hydrogen-bond donors (Lipinski definition) is 2. The summed E-state index contributed by atoms with van der Waals surface area (Å²) in [5.74, 6) is 0.0143. The molecule has 2 aromatic rings. The number of amides is 2. The van der Waals surface area contributed by atoms with Gasteiger partial charge in [-0.1, -0.05) is 13.3 Å².